The maximum absolute atomic E-state index is 12.9. The van der Waals surface area contributed by atoms with Crippen molar-refractivity contribution in [2.45, 2.75) is 57.3 Å². The molecular formula is C21H28N4OS2. The van der Waals surface area contributed by atoms with Gasteiger partial charge in [0, 0.05) is 18.3 Å². The topological polar surface area (TPSA) is 58.1 Å². The quantitative estimate of drug-likeness (QED) is 0.687. The number of anilines is 2. The summed E-state index contributed by atoms with van der Waals surface area (Å²) >= 11 is 2.99. The van der Waals surface area contributed by atoms with Gasteiger partial charge in [0.1, 0.15) is 0 Å². The van der Waals surface area contributed by atoms with E-state index in [1.54, 1.807) is 0 Å². The first-order valence-electron chi connectivity index (χ1n) is 9.81. The van der Waals surface area contributed by atoms with Crippen LogP contribution in [0, 0.1) is 17.8 Å². The zero-order valence-corrected chi connectivity index (χ0v) is 18.6. The van der Waals surface area contributed by atoms with Crippen molar-refractivity contribution in [3.05, 3.63) is 29.8 Å². The van der Waals surface area contributed by atoms with Gasteiger partial charge in [-0.25, -0.2) is 0 Å². The van der Waals surface area contributed by atoms with Crippen molar-refractivity contribution >= 4 is 39.8 Å². The number of carbonyl (C=O) groups is 1. The van der Waals surface area contributed by atoms with Gasteiger partial charge in [-0.3, -0.25) is 4.79 Å². The van der Waals surface area contributed by atoms with Gasteiger partial charge in [0.05, 0.1) is 5.75 Å². The van der Waals surface area contributed by atoms with Gasteiger partial charge in [0.2, 0.25) is 11.0 Å². The lowest BCUT2D eigenvalue weighted by Crippen LogP contribution is -2.38. The maximum atomic E-state index is 12.9. The lowest BCUT2D eigenvalue weighted by atomic mass is 9.65. The van der Waals surface area contributed by atoms with Crippen molar-refractivity contribution in [2.24, 2.45) is 10.8 Å². The van der Waals surface area contributed by atoms with Gasteiger partial charge in [-0.05, 0) is 49.1 Å². The van der Waals surface area contributed by atoms with Gasteiger partial charge in [-0.2, -0.15) is 0 Å². The predicted octanol–water partition coefficient (Wildman–Crippen LogP) is 5.11. The summed E-state index contributed by atoms with van der Waals surface area (Å²) in [5, 5.41) is 12.5. The first-order valence-corrected chi connectivity index (χ1v) is 11.6. The molecule has 1 saturated heterocycles. The number of carbonyl (C=O) groups excluding carboxylic acids is 1. The molecule has 2 fully saturated rings. The zero-order valence-electron chi connectivity index (χ0n) is 17.0. The summed E-state index contributed by atoms with van der Waals surface area (Å²) in [6.07, 6.45) is 3.47. The molecule has 2 atom stereocenters. The molecule has 28 heavy (non-hydrogen) atoms. The molecule has 0 unspecified atom stereocenters. The molecule has 1 amide bonds. The lowest BCUT2D eigenvalue weighted by Gasteiger charge is -2.39. The Morgan fingerprint density at radius 3 is 2.75 bits per heavy atom. The van der Waals surface area contributed by atoms with E-state index >= 15 is 0 Å². The van der Waals surface area contributed by atoms with Crippen LogP contribution in [0.25, 0.3) is 0 Å². The number of amides is 1. The number of nitrogens with zero attached hydrogens (tertiary/aromatic N) is 3. The van der Waals surface area contributed by atoms with Gasteiger partial charge >= 0.3 is 0 Å². The van der Waals surface area contributed by atoms with Crippen molar-refractivity contribution in [2.75, 3.05) is 17.6 Å². The molecule has 5 nitrogen and oxygen atoms in total. The SMILES string of the molecule is Cc1ccc(Nc2nnc(SCC(=O)N3C[C@]4(C)C[C@H]3CC(C)(C)C4)s2)cc1. The number of nitrogens with one attached hydrogen (secondary N) is 1. The molecule has 1 saturated carbocycles. The Balaban J connectivity index is 1.33. The van der Waals surface area contributed by atoms with E-state index in [2.05, 4.69) is 60.2 Å². The first kappa shape index (κ1) is 19.7. The summed E-state index contributed by atoms with van der Waals surface area (Å²) in [6.45, 7) is 9.98. The highest BCUT2D eigenvalue weighted by Crippen LogP contribution is 2.52. The zero-order chi connectivity index (χ0) is 19.9. The minimum absolute atomic E-state index is 0.236. The van der Waals surface area contributed by atoms with Crippen LogP contribution in [0.15, 0.2) is 28.6 Å². The van der Waals surface area contributed by atoms with Crippen LogP contribution in [0.2, 0.25) is 0 Å². The maximum Gasteiger partial charge on any atom is 0.233 e. The van der Waals surface area contributed by atoms with Crippen LogP contribution in [0.5, 0.6) is 0 Å². The summed E-state index contributed by atoms with van der Waals surface area (Å²) in [5.74, 6) is 0.672. The number of benzene rings is 1. The van der Waals surface area contributed by atoms with Crippen molar-refractivity contribution in [1.82, 2.24) is 15.1 Å². The van der Waals surface area contributed by atoms with E-state index in [-0.39, 0.29) is 11.3 Å². The second-order valence-corrected chi connectivity index (χ2v) is 11.6. The van der Waals surface area contributed by atoms with Crippen molar-refractivity contribution in [3.8, 4) is 0 Å². The second-order valence-electron chi connectivity index (χ2n) is 9.39. The number of aryl methyl sites for hydroxylation is 1. The standard InChI is InChI=1S/C21H28N4OS2/c1-14-5-7-15(8-6-14)22-18-23-24-19(28-18)27-11-17(26)25-13-21(4)10-16(25)9-20(2,3)12-21/h5-8,16H,9-13H2,1-4H3,(H,22,23)/t16-,21-/m1/s1. The van der Waals surface area contributed by atoms with Crippen LogP contribution >= 0.6 is 23.1 Å². The Bertz CT molecular complexity index is 864. The van der Waals surface area contributed by atoms with Crippen molar-refractivity contribution < 1.29 is 4.79 Å². The third-order valence-corrected chi connectivity index (χ3v) is 7.72. The number of aromatic nitrogens is 2. The molecule has 4 rings (SSSR count). The number of likely N-dealkylation sites (tertiary alicyclic amines) is 1. The molecule has 2 bridgehead atoms. The highest BCUT2D eigenvalue weighted by molar-refractivity contribution is 8.01. The molecule has 1 aromatic carbocycles. The van der Waals surface area contributed by atoms with E-state index in [1.165, 1.54) is 35.1 Å². The second kappa shape index (κ2) is 7.34. The van der Waals surface area contributed by atoms with E-state index in [1.807, 2.05) is 12.1 Å². The monoisotopic (exact) mass is 416 g/mol. The minimum Gasteiger partial charge on any atom is -0.338 e. The van der Waals surface area contributed by atoms with Crippen LogP contribution in [0.4, 0.5) is 10.8 Å². The summed E-state index contributed by atoms with van der Waals surface area (Å²) < 4.78 is 0.830. The number of thioether (sulfide) groups is 1. The summed E-state index contributed by atoms with van der Waals surface area (Å²) in [4.78, 5) is 15.0. The Morgan fingerprint density at radius 2 is 2.00 bits per heavy atom. The van der Waals surface area contributed by atoms with E-state index in [0.29, 0.717) is 17.2 Å². The molecule has 1 aliphatic heterocycles. The largest absolute Gasteiger partial charge is 0.338 e. The van der Waals surface area contributed by atoms with Gasteiger partial charge < -0.3 is 10.2 Å². The first-order chi connectivity index (χ1) is 13.2. The van der Waals surface area contributed by atoms with E-state index in [9.17, 15) is 4.79 Å². The van der Waals surface area contributed by atoms with Gasteiger partial charge in [-0.15, -0.1) is 10.2 Å². The Morgan fingerprint density at radius 1 is 1.25 bits per heavy atom. The summed E-state index contributed by atoms with van der Waals surface area (Å²) in [6, 6.07) is 8.58. The van der Waals surface area contributed by atoms with Gasteiger partial charge in [0.25, 0.3) is 0 Å². The molecule has 1 aliphatic carbocycles. The molecule has 2 aliphatic rings. The molecule has 0 radical (unpaired) electrons. The third kappa shape index (κ3) is 4.35. The molecule has 2 aromatic rings. The van der Waals surface area contributed by atoms with Crippen molar-refractivity contribution in [1.29, 1.82) is 0 Å². The van der Waals surface area contributed by atoms with Crippen LogP contribution in [0.3, 0.4) is 0 Å². The summed E-state index contributed by atoms with van der Waals surface area (Å²) in [5.41, 5.74) is 2.83. The fourth-order valence-corrected chi connectivity index (χ4v) is 6.70. The minimum atomic E-state index is 0.236. The van der Waals surface area contributed by atoms with Gasteiger partial charge in [-0.1, -0.05) is 61.6 Å². The van der Waals surface area contributed by atoms with Crippen LogP contribution in [0.1, 0.15) is 45.6 Å². The van der Waals surface area contributed by atoms with Crippen LogP contribution in [-0.4, -0.2) is 39.3 Å². The van der Waals surface area contributed by atoms with E-state index in [4.69, 9.17) is 0 Å². The van der Waals surface area contributed by atoms with E-state index in [0.717, 1.165) is 34.5 Å². The van der Waals surface area contributed by atoms with Crippen molar-refractivity contribution in [3.63, 3.8) is 0 Å². The average molecular weight is 417 g/mol. The number of hydrogen-bond donors (Lipinski definition) is 1. The predicted molar refractivity (Wildman–Crippen MR) is 116 cm³/mol. The lowest BCUT2D eigenvalue weighted by molar-refractivity contribution is -0.129. The Kier molecular flexibility index (Phi) is 5.16. The highest BCUT2D eigenvalue weighted by Gasteiger charge is 2.50. The molecule has 0 spiro atoms. The van der Waals surface area contributed by atoms with Crippen LogP contribution < -0.4 is 5.32 Å². The number of rotatable bonds is 5. The third-order valence-electron chi connectivity index (χ3n) is 5.76. The fraction of sp³-hybridized carbons (Fsp3) is 0.571. The average Bonchev–Trinajstić information content (AvgIpc) is 3.15. The molecule has 7 heteroatoms. The Hall–Kier alpha value is -1.60. The molecule has 1 N–H and O–H groups in total. The smallest absolute Gasteiger partial charge is 0.233 e. The van der Waals surface area contributed by atoms with Crippen LogP contribution in [-0.2, 0) is 4.79 Å². The van der Waals surface area contributed by atoms with E-state index < -0.39 is 0 Å². The molecule has 1 aromatic heterocycles. The number of fused-ring (bicyclic) bond motifs is 2. The summed E-state index contributed by atoms with van der Waals surface area (Å²) in [7, 11) is 0. The van der Waals surface area contributed by atoms with Gasteiger partial charge in [0.15, 0.2) is 4.34 Å². The number of hydrogen-bond acceptors (Lipinski definition) is 6. The molecule has 2 heterocycles. The molecular weight excluding hydrogens is 388 g/mol. The molecule has 150 valence electrons. The normalized spacial score (nSPS) is 25.7. The Labute approximate surface area is 175 Å². The fourth-order valence-electron chi connectivity index (χ4n) is 5.04. The highest BCUT2D eigenvalue weighted by atomic mass is 32.2.